The van der Waals surface area contributed by atoms with Crippen LogP contribution in [0.25, 0.3) is 0 Å². The second kappa shape index (κ2) is 4.13. The van der Waals surface area contributed by atoms with Crippen molar-refractivity contribution in [3.8, 4) is 6.07 Å². The molecule has 0 saturated heterocycles. The molecule has 0 N–H and O–H groups in total. The Kier molecular flexibility index (Phi) is 2.88. The van der Waals surface area contributed by atoms with Crippen LogP contribution >= 0.6 is 0 Å². The lowest BCUT2D eigenvalue weighted by atomic mass is 9.76. The fraction of sp³-hybridized carbons (Fsp3) is 0.917. The molecule has 0 aliphatic heterocycles. The summed E-state index contributed by atoms with van der Waals surface area (Å²) < 4.78 is 0. The molecule has 2 rings (SSSR count). The van der Waals surface area contributed by atoms with Gasteiger partial charge in [-0.05, 0) is 37.5 Å². The molecule has 0 aromatic heterocycles. The van der Waals surface area contributed by atoms with Crippen LogP contribution in [0.15, 0.2) is 0 Å². The summed E-state index contributed by atoms with van der Waals surface area (Å²) in [7, 11) is 0. The van der Waals surface area contributed by atoms with Crippen LogP contribution in [0.2, 0.25) is 0 Å². The third kappa shape index (κ3) is 2.05. The highest BCUT2D eigenvalue weighted by Gasteiger charge is 2.28. The molecule has 0 spiro atoms. The Bertz CT molecular complexity index is 190. The van der Waals surface area contributed by atoms with Gasteiger partial charge in [-0.25, -0.2) is 0 Å². The maximum absolute atomic E-state index is 8.79. The highest BCUT2D eigenvalue weighted by atomic mass is 14.4. The molecule has 0 aromatic rings. The summed E-state index contributed by atoms with van der Waals surface area (Å²) in [5.74, 6) is 2.39. The lowest BCUT2D eigenvalue weighted by Crippen LogP contribution is -2.19. The first-order valence-corrected chi connectivity index (χ1v) is 5.80. The van der Waals surface area contributed by atoms with Crippen LogP contribution in [0.5, 0.6) is 0 Å². The summed E-state index contributed by atoms with van der Waals surface area (Å²) in [4.78, 5) is 0. The van der Waals surface area contributed by atoms with Crippen LogP contribution in [0, 0.1) is 29.1 Å². The van der Waals surface area contributed by atoms with E-state index < -0.39 is 0 Å². The van der Waals surface area contributed by atoms with Gasteiger partial charge in [0.1, 0.15) is 0 Å². The minimum atomic E-state index is 0.387. The van der Waals surface area contributed by atoms with Gasteiger partial charge in [0.2, 0.25) is 0 Å². The zero-order valence-corrected chi connectivity index (χ0v) is 8.34. The van der Waals surface area contributed by atoms with Crippen LogP contribution in [0.1, 0.15) is 51.4 Å². The Balaban J connectivity index is 1.81. The molecule has 0 bridgehead atoms. The standard InChI is InChI=1S/C12H19N/c13-9-10-5-7-12(8-6-10)11-3-1-2-4-11/h10-12H,1-8H2. The van der Waals surface area contributed by atoms with Crippen LogP contribution in [0.3, 0.4) is 0 Å². The van der Waals surface area contributed by atoms with Crippen LogP contribution in [-0.4, -0.2) is 0 Å². The maximum atomic E-state index is 8.79. The Hall–Kier alpha value is -0.510. The predicted octanol–water partition coefficient (Wildman–Crippen LogP) is 3.51. The smallest absolute Gasteiger partial charge is 0.0655 e. The topological polar surface area (TPSA) is 23.8 Å². The Morgan fingerprint density at radius 1 is 0.769 bits per heavy atom. The average Bonchev–Trinajstić information content (AvgIpc) is 2.71. The molecule has 2 saturated carbocycles. The van der Waals surface area contributed by atoms with Gasteiger partial charge in [0.05, 0.1) is 6.07 Å². The van der Waals surface area contributed by atoms with Gasteiger partial charge < -0.3 is 0 Å². The zero-order valence-electron chi connectivity index (χ0n) is 8.34. The Morgan fingerprint density at radius 3 is 1.85 bits per heavy atom. The molecule has 0 amide bonds. The molecule has 0 unspecified atom stereocenters. The van der Waals surface area contributed by atoms with Crippen LogP contribution < -0.4 is 0 Å². The SMILES string of the molecule is N#CC1CCC(C2CCCC2)CC1. The van der Waals surface area contributed by atoms with Gasteiger partial charge in [-0.3, -0.25) is 0 Å². The summed E-state index contributed by atoms with van der Waals surface area (Å²) in [5.41, 5.74) is 0. The van der Waals surface area contributed by atoms with E-state index in [1.807, 2.05) is 0 Å². The molecule has 1 heteroatoms. The third-order valence-corrected chi connectivity index (χ3v) is 4.02. The molecule has 1 nitrogen and oxygen atoms in total. The van der Waals surface area contributed by atoms with Crippen molar-refractivity contribution in [3.63, 3.8) is 0 Å². The number of rotatable bonds is 1. The number of nitriles is 1. The minimum Gasteiger partial charge on any atom is -0.198 e. The van der Waals surface area contributed by atoms with Gasteiger partial charge in [-0.15, -0.1) is 0 Å². The average molecular weight is 177 g/mol. The zero-order chi connectivity index (χ0) is 9.10. The summed E-state index contributed by atoms with van der Waals surface area (Å²) in [6.07, 6.45) is 10.9. The van der Waals surface area contributed by atoms with E-state index in [0.717, 1.165) is 11.8 Å². The van der Waals surface area contributed by atoms with Crippen molar-refractivity contribution in [2.75, 3.05) is 0 Å². The van der Waals surface area contributed by atoms with E-state index in [2.05, 4.69) is 6.07 Å². The number of hydrogen-bond acceptors (Lipinski definition) is 1. The fourth-order valence-electron chi connectivity index (χ4n) is 3.15. The molecule has 72 valence electrons. The number of nitrogens with zero attached hydrogens (tertiary/aromatic N) is 1. The van der Waals surface area contributed by atoms with Crippen molar-refractivity contribution in [3.05, 3.63) is 0 Å². The lowest BCUT2D eigenvalue weighted by Gasteiger charge is -2.29. The molecule has 2 aliphatic rings. The maximum Gasteiger partial charge on any atom is 0.0655 e. The van der Waals surface area contributed by atoms with Gasteiger partial charge in [0.25, 0.3) is 0 Å². The van der Waals surface area contributed by atoms with E-state index in [-0.39, 0.29) is 0 Å². The fourth-order valence-corrected chi connectivity index (χ4v) is 3.15. The van der Waals surface area contributed by atoms with E-state index in [1.165, 1.54) is 51.4 Å². The monoisotopic (exact) mass is 177 g/mol. The molecular weight excluding hydrogens is 158 g/mol. The predicted molar refractivity (Wildman–Crippen MR) is 53.0 cm³/mol. The summed E-state index contributed by atoms with van der Waals surface area (Å²) >= 11 is 0. The highest BCUT2D eigenvalue weighted by molar-refractivity contribution is 4.89. The molecule has 0 atom stereocenters. The van der Waals surface area contributed by atoms with E-state index >= 15 is 0 Å². The van der Waals surface area contributed by atoms with E-state index in [4.69, 9.17) is 5.26 Å². The van der Waals surface area contributed by atoms with Crippen molar-refractivity contribution >= 4 is 0 Å². The largest absolute Gasteiger partial charge is 0.198 e. The summed E-state index contributed by atoms with van der Waals surface area (Å²) in [5, 5.41) is 8.79. The molecule has 0 aromatic carbocycles. The van der Waals surface area contributed by atoms with Crippen LogP contribution in [-0.2, 0) is 0 Å². The van der Waals surface area contributed by atoms with Crippen molar-refractivity contribution in [1.29, 1.82) is 5.26 Å². The van der Waals surface area contributed by atoms with Crippen molar-refractivity contribution in [2.45, 2.75) is 51.4 Å². The molecule has 0 radical (unpaired) electrons. The normalized spacial score (nSPS) is 35.9. The minimum absolute atomic E-state index is 0.387. The molecule has 13 heavy (non-hydrogen) atoms. The van der Waals surface area contributed by atoms with E-state index in [0.29, 0.717) is 5.92 Å². The third-order valence-electron chi connectivity index (χ3n) is 4.02. The highest BCUT2D eigenvalue weighted by Crippen LogP contribution is 2.40. The van der Waals surface area contributed by atoms with Gasteiger partial charge in [-0.1, -0.05) is 25.7 Å². The first-order valence-electron chi connectivity index (χ1n) is 5.80. The molecule has 0 heterocycles. The second-order valence-corrected chi connectivity index (χ2v) is 4.79. The number of hydrogen-bond donors (Lipinski definition) is 0. The first-order chi connectivity index (χ1) is 6.40. The quantitative estimate of drug-likeness (QED) is 0.601. The van der Waals surface area contributed by atoms with Crippen molar-refractivity contribution in [1.82, 2.24) is 0 Å². The lowest BCUT2D eigenvalue weighted by molar-refractivity contribution is 0.228. The summed E-state index contributed by atoms with van der Waals surface area (Å²) in [6, 6.07) is 2.42. The van der Waals surface area contributed by atoms with Gasteiger partial charge >= 0.3 is 0 Å². The Morgan fingerprint density at radius 2 is 1.31 bits per heavy atom. The van der Waals surface area contributed by atoms with E-state index in [1.54, 1.807) is 0 Å². The van der Waals surface area contributed by atoms with Crippen LogP contribution in [0.4, 0.5) is 0 Å². The molecule has 2 fully saturated rings. The van der Waals surface area contributed by atoms with Crippen molar-refractivity contribution < 1.29 is 0 Å². The van der Waals surface area contributed by atoms with E-state index in [9.17, 15) is 0 Å². The molecular formula is C12H19N. The van der Waals surface area contributed by atoms with Gasteiger partial charge in [-0.2, -0.15) is 5.26 Å². The van der Waals surface area contributed by atoms with Gasteiger partial charge in [0, 0.05) is 5.92 Å². The summed E-state index contributed by atoms with van der Waals surface area (Å²) in [6.45, 7) is 0. The second-order valence-electron chi connectivity index (χ2n) is 4.79. The van der Waals surface area contributed by atoms with Gasteiger partial charge in [0.15, 0.2) is 0 Å². The first kappa shape index (κ1) is 9.06. The Labute approximate surface area is 81.1 Å². The van der Waals surface area contributed by atoms with Crippen molar-refractivity contribution in [2.24, 2.45) is 17.8 Å². The molecule has 2 aliphatic carbocycles.